The SMILES string of the molecule is CCOc1cccc(C(CN)N2CCOC(C)(C)C2)c1. The van der Waals surface area contributed by atoms with Crippen molar-refractivity contribution in [3.8, 4) is 5.75 Å². The molecular weight excluding hydrogens is 252 g/mol. The maximum Gasteiger partial charge on any atom is 0.119 e. The van der Waals surface area contributed by atoms with Gasteiger partial charge in [0.1, 0.15) is 5.75 Å². The predicted molar refractivity (Wildman–Crippen MR) is 81.0 cm³/mol. The van der Waals surface area contributed by atoms with Crippen LogP contribution in [0.3, 0.4) is 0 Å². The highest BCUT2D eigenvalue weighted by molar-refractivity contribution is 5.31. The number of morpholine rings is 1. The first-order valence-corrected chi connectivity index (χ1v) is 7.36. The Bertz CT molecular complexity index is 434. The highest BCUT2D eigenvalue weighted by Crippen LogP contribution is 2.28. The van der Waals surface area contributed by atoms with Gasteiger partial charge in [-0.05, 0) is 38.5 Å². The first-order valence-electron chi connectivity index (χ1n) is 7.36. The molecule has 0 aliphatic carbocycles. The molecule has 1 aliphatic rings. The van der Waals surface area contributed by atoms with Crippen molar-refractivity contribution in [3.05, 3.63) is 29.8 Å². The van der Waals surface area contributed by atoms with E-state index in [1.54, 1.807) is 0 Å². The van der Waals surface area contributed by atoms with E-state index in [4.69, 9.17) is 15.2 Å². The number of benzene rings is 1. The second-order valence-corrected chi connectivity index (χ2v) is 5.84. The van der Waals surface area contributed by atoms with Crippen LogP contribution >= 0.6 is 0 Å². The molecule has 0 saturated carbocycles. The standard InChI is InChI=1S/C16H26N2O2/c1-4-19-14-7-5-6-13(10-14)15(11-17)18-8-9-20-16(2,3)12-18/h5-7,10,15H,4,8-9,11-12,17H2,1-3H3. The van der Waals surface area contributed by atoms with Gasteiger partial charge in [-0.1, -0.05) is 12.1 Å². The normalized spacial score (nSPS) is 20.6. The fourth-order valence-corrected chi connectivity index (χ4v) is 2.79. The van der Waals surface area contributed by atoms with Crippen molar-refractivity contribution >= 4 is 0 Å². The molecule has 1 aromatic carbocycles. The van der Waals surface area contributed by atoms with E-state index in [1.165, 1.54) is 5.56 Å². The fraction of sp³-hybridized carbons (Fsp3) is 0.625. The van der Waals surface area contributed by atoms with Crippen molar-refractivity contribution in [2.45, 2.75) is 32.4 Å². The average molecular weight is 278 g/mol. The van der Waals surface area contributed by atoms with Gasteiger partial charge in [0.15, 0.2) is 0 Å². The number of hydrogen-bond acceptors (Lipinski definition) is 4. The van der Waals surface area contributed by atoms with Gasteiger partial charge < -0.3 is 15.2 Å². The minimum Gasteiger partial charge on any atom is -0.494 e. The molecule has 112 valence electrons. The third-order valence-corrected chi connectivity index (χ3v) is 3.67. The zero-order chi connectivity index (χ0) is 14.6. The lowest BCUT2D eigenvalue weighted by atomic mass is 10.0. The van der Waals surface area contributed by atoms with Gasteiger partial charge in [0, 0.05) is 25.7 Å². The van der Waals surface area contributed by atoms with Crippen molar-refractivity contribution in [3.63, 3.8) is 0 Å². The van der Waals surface area contributed by atoms with E-state index >= 15 is 0 Å². The summed E-state index contributed by atoms with van der Waals surface area (Å²) >= 11 is 0. The minimum atomic E-state index is -0.108. The van der Waals surface area contributed by atoms with Gasteiger partial charge in [-0.25, -0.2) is 0 Å². The lowest BCUT2D eigenvalue weighted by Crippen LogP contribution is -2.50. The summed E-state index contributed by atoms with van der Waals surface area (Å²) in [6.45, 7) is 10.1. The summed E-state index contributed by atoms with van der Waals surface area (Å²) in [5.74, 6) is 0.913. The Morgan fingerprint density at radius 3 is 2.90 bits per heavy atom. The highest BCUT2D eigenvalue weighted by Gasteiger charge is 2.31. The summed E-state index contributed by atoms with van der Waals surface area (Å²) in [7, 11) is 0. The van der Waals surface area contributed by atoms with Crippen LogP contribution in [0.5, 0.6) is 5.75 Å². The Morgan fingerprint density at radius 1 is 1.45 bits per heavy atom. The van der Waals surface area contributed by atoms with Crippen molar-refractivity contribution in [1.82, 2.24) is 4.90 Å². The van der Waals surface area contributed by atoms with E-state index < -0.39 is 0 Å². The van der Waals surface area contributed by atoms with E-state index in [0.717, 1.165) is 25.4 Å². The van der Waals surface area contributed by atoms with E-state index in [0.29, 0.717) is 13.2 Å². The van der Waals surface area contributed by atoms with Crippen molar-refractivity contribution in [2.24, 2.45) is 5.73 Å². The lowest BCUT2D eigenvalue weighted by Gasteiger charge is -2.42. The number of hydrogen-bond donors (Lipinski definition) is 1. The first kappa shape index (κ1) is 15.3. The van der Waals surface area contributed by atoms with Crippen molar-refractivity contribution in [1.29, 1.82) is 0 Å². The summed E-state index contributed by atoms with van der Waals surface area (Å²) in [6, 6.07) is 8.48. The molecule has 20 heavy (non-hydrogen) atoms. The number of rotatable bonds is 5. The van der Waals surface area contributed by atoms with Crippen LogP contribution in [0, 0.1) is 0 Å². The molecular formula is C16H26N2O2. The van der Waals surface area contributed by atoms with E-state index in [9.17, 15) is 0 Å². The molecule has 1 aliphatic heterocycles. The Labute approximate surface area is 121 Å². The molecule has 1 aromatic rings. The molecule has 0 radical (unpaired) electrons. The summed E-state index contributed by atoms with van der Waals surface area (Å²) in [4.78, 5) is 2.41. The molecule has 4 heteroatoms. The number of ether oxygens (including phenoxy) is 2. The molecule has 1 atom stereocenters. The molecule has 1 fully saturated rings. The van der Waals surface area contributed by atoms with Crippen LogP contribution in [0.4, 0.5) is 0 Å². The molecule has 1 saturated heterocycles. The molecule has 1 unspecified atom stereocenters. The first-order chi connectivity index (χ1) is 9.55. The quantitative estimate of drug-likeness (QED) is 0.897. The van der Waals surface area contributed by atoms with Crippen LogP contribution in [0.25, 0.3) is 0 Å². The maximum atomic E-state index is 6.02. The molecule has 2 rings (SSSR count). The van der Waals surface area contributed by atoms with Gasteiger partial charge in [-0.2, -0.15) is 0 Å². The molecule has 0 aromatic heterocycles. The molecule has 4 nitrogen and oxygen atoms in total. The largest absolute Gasteiger partial charge is 0.494 e. The van der Waals surface area contributed by atoms with Crippen molar-refractivity contribution in [2.75, 3.05) is 32.8 Å². The second-order valence-electron chi connectivity index (χ2n) is 5.84. The predicted octanol–water partition coefficient (Wildman–Crippen LogP) is 2.20. The van der Waals surface area contributed by atoms with Gasteiger partial charge in [0.25, 0.3) is 0 Å². The van der Waals surface area contributed by atoms with E-state index in [2.05, 4.69) is 30.9 Å². The van der Waals surface area contributed by atoms with Crippen LogP contribution < -0.4 is 10.5 Å². The van der Waals surface area contributed by atoms with E-state index in [1.807, 2.05) is 19.1 Å². The third-order valence-electron chi connectivity index (χ3n) is 3.67. The van der Waals surface area contributed by atoms with Crippen LogP contribution in [-0.2, 0) is 4.74 Å². The van der Waals surface area contributed by atoms with Gasteiger partial charge in [0.2, 0.25) is 0 Å². The number of nitrogens with two attached hydrogens (primary N) is 1. The monoisotopic (exact) mass is 278 g/mol. The van der Waals surface area contributed by atoms with Gasteiger partial charge in [0.05, 0.1) is 18.8 Å². The minimum absolute atomic E-state index is 0.108. The smallest absolute Gasteiger partial charge is 0.119 e. The van der Waals surface area contributed by atoms with Crippen molar-refractivity contribution < 1.29 is 9.47 Å². The zero-order valence-electron chi connectivity index (χ0n) is 12.8. The summed E-state index contributed by atoms with van der Waals surface area (Å²) in [6.07, 6.45) is 0. The third kappa shape index (κ3) is 3.72. The maximum absolute atomic E-state index is 6.02. The topological polar surface area (TPSA) is 47.7 Å². The zero-order valence-corrected chi connectivity index (χ0v) is 12.8. The molecule has 0 bridgehead atoms. The van der Waals surface area contributed by atoms with Crippen LogP contribution in [0.1, 0.15) is 32.4 Å². The Hall–Kier alpha value is -1.10. The molecule has 0 amide bonds. The molecule has 0 spiro atoms. The van der Waals surface area contributed by atoms with Crippen LogP contribution in [0.15, 0.2) is 24.3 Å². The lowest BCUT2D eigenvalue weighted by molar-refractivity contribution is -0.0967. The van der Waals surface area contributed by atoms with Gasteiger partial charge in [-0.15, -0.1) is 0 Å². The Morgan fingerprint density at radius 2 is 2.25 bits per heavy atom. The van der Waals surface area contributed by atoms with Gasteiger partial charge in [-0.3, -0.25) is 4.90 Å². The van der Waals surface area contributed by atoms with Crippen LogP contribution in [-0.4, -0.2) is 43.3 Å². The number of nitrogens with zero attached hydrogens (tertiary/aromatic N) is 1. The van der Waals surface area contributed by atoms with Gasteiger partial charge >= 0.3 is 0 Å². The second kappa shape index (κ2) is 6.57. The Kier molecular flexibility index (Phi) is 5.02. The average Bonchev–Trinajstić information content (AvgIpc) is 2.39. The molecule has 2 N–H and O–H groups in total. The molecule has 1 heterocycles. The summed E-state index contributed by atoms with van der Waals surface area (Å²) in [5.41, 5.74) is 7.14. The fourth-order valence-electron chi connectivity index (χ4n) is 2.79. The highest BCUT2D eigenvalue weighted by atomic mass is 16.5. The Balaban J connectivity index is 2.16. The van der Waals surface area contributed by atoms with E-state index in [-0.39, 0.29) is 11.6 Å². The summed E-state index contributed by atoms with van der Waals surface area (Å²) in [5, 5.41) is 0. The van der Waals surface area contributed by atoms with Crippen LogP contribution in [0.2, 0.25) is 0 Å². The summed E-state index contributed by atoms with van der Waals surface area (Å²) < 4.78 is 11.4.